The SMILES string of the molecule is Cc1cc2c(c(C3=CC=CC3)c1C(C)(C)C)[CH]c1cc(C(C)(C)C)ccc1-2. The van der Waals surface area contributed by atoms with Gasteiger partial charge in [0.05, 0.1) is 0 Å². The Morgan fingerprint density at radius 2 is 1.59 bits per heavy atom. The van der Waals surface area contributed by atoms with E-state index < -0.39 is 0 Å². The van der Waals surface area contributed by atoms with Gasteiger partial charge in [-0.25, -0.2) is 0 Å². The first kappa shape index (κ1) is 18.3. The van der Waals surface area contributed by atoms with E-state index in [0.29, 0.717) is 0 Å². The van der Waals surface area contributed by atoms with Crippen LogP contribution in [-0.4, -0.2) is 0 Å². The van der Waals surface area contributed by atoms with Gasteiger partial charge >= 0.3 is 0 Å². The van der Waals surface area contributed by atoms with Gasteiger partial charge in [-0.1, -0.05) is 84.0 Å². The molecular formula is C27H31. The molecule has 0 N–H and O–H groups in total. The zero-order valence-corrected chi connectivity index (χ0v) is 17.8. The molecule has 0 nitrogen and oxygen atoms in total. The molecule has 0 fully saturated rings. The van der Waals surface area contributed by atoms with Gasteiger partial charge in [0.15, 0.2) is 0 Å². The van der Waals surface area contributed by atoms with Gasteiger partial charge in [0.1, 0.15) is 0 Å². The highest BCUT2D eigenvalue weighted by atomic mass is 14.3. The highest BCUT2D eigenvalue weighted by Gasteiger charge is 2.31. The molecule has 0 atom stereocenters. The van der Waals surface area contributed by atoms with Crippen LogP contribution in [0.2, 0.25) is 0 Å². The standard InChI is InChI=1S/C27H31/c1-17-14-22-21-13-12-20(26(2,3)4)15-19(21)16-23(22)24(18-10-8-9-11-18)25(17)27(5,6)7/h8-10,12-16H,11H2,1-7H3. The van der Waals surface area contributed by atoms with Crippen LogP contribution in [0.5, 0.6) is 0 Å². The maximum atomic E-state index is 2.43. The molecule has 0 amide bonds. The summed E-state index contributed by atoms with van der Waals surface area (Å²) in [6.45, 7) is 16.2. The van der Waals surface area contributed by atoms with Crippen LogP contribution in [0.15, 0.2) is 42.5 Å². The lowest BCUT2D eigenvalue weighted by Gasteiger charge is -2.28. The molecule has 2 aliphatic carbocycles. The summed E-state index contributed by atoms with van der Waals surface area (Å²) in [7, 11) is 0. The first-order valence-corrected chi connectivity index (χ1v) is 10.1. The second-order valence-electron chi connectivity index (χ2n) is 10.2. The maximum Gasteiger partial charge on any atom is 0.0218 e. The molecule has 139 valence electrons. The molecule has 2 aliphatic rings. The van der Waals surface area contributed by atoms with E-state index in [2.05, 4.69) is 97.4 Å². The zero-order valence-electron chi connectivity index (χ0n) is 17.8. The molecule has 0 heteroatoms. The number of hydrogen-bond donors (Lipinski definition) is 0. The molecule has 0 bridgehead atoms. The summed E-state index contributed by atoms with van der Waals surface area (Å²) in [5, 5.41) is 0. The third-order valence-electron chi connectivity index (χ3n) is 5.91. The van der Waals surface area contributed by atoms with Gasteiger partial charge in [-0.15, -0.1) is 0 Å². The van der Waals surface area contributed by atoms with Crippen LogP contribution in [0.25, 0.3) is 16.7 Å². The molecule has 0 saturated heterocycles. The van der Waals surface area contributed by atoms with Crippen molar-refractivity contribution in [2.75, 3.05) is 0 Å². The summed E-state index contributed by atoms with van der Waals surface area (Å²) < 4.78 is 0. The Morgan fingerprint density at radius 3 is 2.19 bits per heavy atom. The van der Waals surface area contributed by atoms with Crippen molar-refractivity contribution in [3.8, 4) is 11.1 Å². The molecule has 0 saturated carbocycles. The van der Waals surface area contributed by atoms with E-state index >= 15 is 0 Å². The van der Waals surface area contributed by atoms with E-state index in [1.807, 2.05) is 0 Å². The van der Waals surface area contributed by atoms with Gasteiger partial charge in [-0.3, -0.25) is 0 Å². The molecule has 2 aromatic carbocycles. The van der Waals surface area contributed by atoms with Crippen LogP contribution in [0.3, 0.4) is 0 Å². The monoisotopic (exact) mass is 355 g/mol. The van der Waals surface area contributed by atoms with Gasteiger partial charge in [0.25, 0.3) is 0 Å². The van der Waals surface area contributed by atoms with Crippen molar-refractivity contribution in [1.29, 1.82) is 0 Å². The summed E-state index contributed by atoms with van der Waals surface area (Å²) >= 11 is 0. The predicted octanol–water partition coefficient (Wildman–Crippen LogP) is 7.51. The average molecular weight is 356 g/mol. The summed E-state index contributed by atoms with van der Waals surface area (Å²) in [6, 6.07) is 9.46. The van der Waals surface area contributed by atoms with Crippen LogP contribution in [-0.2, 0) is 10.8 Å². The van der Waals surface area contributed by atoms with Crippen molar-refractivity contribution in [3.63, 3.8) is 0 Å². The van der Waals surface area contributed by atoms with Crippen molar-refractivity contribution in [2.24, 2.45) is 0 Å². The van der Waals surface area contributed by atoms with Crippen molar-refractivity contribution in [1.82, 2.24) is 0 Å². The zero-order chi connectivity index (χ0) is 19.6. The predicted molar refractivity (Wildman–Crippen MR) is 118 cm³/mol. The van der Waals surface area contributed by atoms with Crippen LogP contribution < -0.4 is 0 Å². The van der Waals surface area contributed by atoms with Gasteiger partial charge in [0.2, 0.25) is 0 Å². The second kappa shape index (κ2) is 5.96. The van der Waals surface area contributed by atoms with E-state index in [4.69, 9.17) is 0 Å². The minimum absolute atomic E-state index is 0.122. The van der Waals surface area contributed by atoms with E-state index in [9.17, 15) is 0 Å². The van der Waals surface area contributed by atoms with Crippen molar-refractivity contribution < 1.29 is 0 Å². The van der Waals surface area contributed by atoms with Gasteiger partial charge < -0.3 is 0 Å². The highest BCUT2D eigenvalue weighted by molar-refractivity contribution is 5.90. The van der Waals surface area contributed by atoms with Crippen molar-refractivity contribution in [2.45, 2.75) is 65.7 Å². The number of rotatable bonds is 1. The Kier molecular flexibility index (Phi) is 4.04. The fraction of sp³-hybridized carbons (Fsp3) is 0.370. The molecule has 0 heterocycles. The molecule has 27 heavy (non-hydrogen) atoms. The van der Waals surface area contributed by atoms with Crippen LogP contribution in [0.1, 0.15) is 81.3 Å². The summed E-state index contributed by atoms with van der Waals surface area (Å²) in [5.74, 6) is 0. The highest BCUT2D eigenvalue weighted by Crippen LogP contribution is 2.48. The van der Waals surface area contributed by atoms with Gasteiger partial charge in [-0.2, -0.15) is 0 Å². The van der Waals surface area contributed by atoms with E-state index in [0.717, 1.165) is 6.42 Å². The first-order valence-electron chi connectivity index (χ1n) is 10.1. The Balaban J connectivity index is 1.96. The normalized spacial score (nSPS) is 15.7. The van der Waals surface area contributed by atoms with E-state index in [-0.39, 0.29) is 10.8 Å². The molecule has 0 aliphatic heterocycles. The smallest absolute Gasteiger partial charge is 0.0218 e. The lowest BCUT2D eigenvalue weighted by atomic mass is 9.76. The fourth-order valence-electron chi connectivity index (χ4n) is 4.69. The van der Waals surface area contributed by atoms with E-state index in [1.165, 1.54) is 50.1 Å². The maximum absolute atomic E-state index is 2.43. The van der Waals surface area contributed by atoms with Crippen LogP contribution in [0.4, 0.5) is 0 Å². The Hall–Kier alpha value is -2.08. The number of benzene rings is 2. The topological polar surface area (TPSA) is 0 Å². The minimum atomic E-state index is 0.122. The minimum Gasteiger partial charge on any atom is -0.0801 e. The average Bonchev–Trinajstić information content (AvgIpc) is 3.18. The van der Waals surface area contributed by atoms with Crippen molar-refractivity contribution in [3.05, 3.63) is 82.3 Å². The molecular weight excluding hydrogens is 324 g/mol. The Bertz CT molecular complexity index is 982. The third-order valence-corrected chi connectivity index (χ3v) is 5.91. The van der Waals surface area contributed by atoms with E-state index in [1.54, 1.807) is 0 Å². The van der Waals surface area contributed by atoms with Gasteiger partial charge in [0, 0.05) is 6.42 Å². The first-order chi connectivity index (χ1) is 12.6. The Labute approximate surface area is 165 Å². The molecule has 4 rings (SSSR count). The molecule has 1 radical (unpaired) electrons. The van der Waals surface area contributed by atoms with Crippen LogP contribution >= 0.6 is 0 Å². The molecule has 2 aromatic rings. The van der Waals surface area contributed by atoms with Crippen molar-refractivity contribution >= 4 is 5.57 Å². The fourth-order valence-corrected chi connectivity index (χ4v) is 4.69. The molecule has 0 aromatic heterocycles. The van der Waals surface area contributed by atoms with Gasteiger partial charge in [-0.05, 0) is 74.3 Å². The number of aryl methyl sites for hydroxylation is 1. The summed E-state index contributed by atoms with van der Waals surface area (Å²) in [4.78, 5) is 0. The van der Waals surface area contributed by atoms with Crippen LogP contribution in [0, 0.1) is 13.3 Å². The second-order valence-corrected chi connectivity index (χ2v) is 10.2. The number of allylic oxidation sites excluding steroid dienone is 4. The number of hydrogen-bond acceptors (Lipinski definition) is 0. The number of fused-ring (bicyclic) bond motifs is 3. The lowest BCUT2D eigenvalue weighted by molar-refractivity contribution is 0.584. The Morgan fingerprint density at radius 1 is 0.852 bits per heavy atom. The lowest BCUT2D eigenvalue weighted by Crippen LogP contribution is -2.17. The third kappa shape index (κ3) is 3.00. The quantitative estimate of drug-likeness (QED) is 0.423. The summed E-state index contributed by atoms with van der Waals surface area (Å²) in [5.41, 5.74) is 13.1. The summed E-state index contributed by atoms with van der Waals surface area (Å²) in [6.07, 6.45) is 10.3. The molecule has 0 spiro atoms. The molecule has 0 unspecified atom stereocenters. The largest absolute Gasteiger partial charge is 0.0801 e.